The van der Waals surface area contributed by atoms with Crippen LogP contribution in [-0.2, 0) is 11.8 Å². The van der Waals surface area contributed by atoms with Crippen LogP contribution >= 0.6 is 24.2 Å². The second kappa shape index (κ2) is 6.83. The van der Waals surface area contributed by atoms with Crippen molar-refractivity contribution in [3.05, 3.63) is 18.2 Å². The van der Waals surface area contributed by atoms with Crippen molar-refractivity contribution in [2.45, 2.75) is 24.1 Å². The van der Waals surface area contributed by atoms with Gasteiger partial charge in [-0.05, 0) is 18.6 Å². The number of nitrogens with one attached hydrogen (secondary N) is 1. The minimum atomic E-state index is 0. The van der Waals surface area contributed by atoms with Crippen LogP contribution in [0.15, 0.2) is 12.4 Å². The fraction of sp³-hybridized carbons (Fsp3) is 0.692. The van der Waals surface area contributed by atoms with E-state index in [0.717, 1.165) is 37.6 Å². The van der Waals surface area contributed by atoms with E-state index in [1.54, 1.807) is 6.20 Å². The molecule has 0 radical (unpaired) electrons. The fourth-order valence-corrected chi connectivity index (χ4v) is 4.08. The average Bonchev–Trinajstić information content (AvgIpc) is 3.09. The molecule has 2 saturated heterocycles. The van der Waals surface area contributed by atoms with Gasteiger partial charge in [0.05, 0.1) is 5.25 Å². The quantitative estimate of drug-likeness (QED) is 0.891. The van der Waals surface area contributed by atoms with E-state index in [4.69, 9.17) is 0 Å². The number of piperazine rings is 1. The van der Waals surface area contributed by atoms with Gasteiger partial charge in [-0.2, -0.15) is 0 Å². The molecule has 20 heavy (non-hydrogen) atoms. The van der Waals surface area contributed by atoms with E-state index in [2.05, 4.69) is 10.3 Å². The number of thioether (sulfide) groups is 1. The highest BCUT2D eigenvalue weighted by atomic mass is 35.5. The maximum absolute atomic E-state index is 12.7. The van der Waals surface area contributed by atoms with Crippen LogP contribution in [0.5, 0.6) is 0 Å². The van der Waals surface area contributed by atoms with Crippen LogP contribution < -0.4 is 5.32 Å². The zero-order valence-electron chi connectivity index (χ0n) is 11.6. The molecule has 0 aliphatic carbocycles. The Morgan fingerprint density at radius 1 is 1.55 bits per heavy atom. The molecular formula is C13H21ClN4OS. The van der Waals surface area contributed by atoms with Crippen LogP contribution in [0.2, 0.25) is 0 Å². The molecule has 2 aliphatic rings. The van der Waals surface area contributed by atoms with Gasteiger partial charge in [0, 0.05) is 39.1 Å². The first kappa shape index (κ1) is 15.7. The van der Waals surface area contributed by atoms with E-state index in [9.17, 15) is 4.79 Å². The molecule has 3 heterocycles. The number of rotatable bonds is 2. The van der Waals surface area contributed by atoms with Gasteiger partial charge < -0.3 is 14.8 Å². The second-order valence-corrected chi connectivity index (χ2v) is 6.46. The fourth-order valence-electron chi connectivity index (χ4n) is 2.85. The lowest BCUT2D eigenvalue weighted by molar-refractivity contribution is -0.134. The highest BCUT2D eigenvalue weighted by Gasteiger charge is 2.35. The summed E-state index contributed by atoms with van der Waals surface area (Å²) in [5.41, 5.74) is 0. The topological polar surface area (TPSA) is 50.2 Å². The van der Waals surface area contributed by atoms with Crippen LogP contribution in [-0.4, -0.2) is 51.0 Å². The Balaban J connectivity index is 0.00000147. The van der Waals surface area contributed by atoms with Crippen molar-refractivity contribution < 1.29 is 4.79 Å². The van der Waals surface area contributed by atoms with Gasteiger partial charge in [0.15, 0.2) is 0 Å². The lowest BCUT2D eigenvalue weighted by Gasteiger charge is -2.37. The summed E-state index contributed by atoms with van der Waals surface area (Å²) in [6.45, 7) is 2.46. The van der Waals surface area contributed by atoms with Gasteiger partial charge in [0.1, 0.15) is 11.9 Å². The molecule has 3 rings (SSSR count). The Morgan fingerprint density at radius 2 is 2.40 bits per heavy atom. The van der Waals surface area contributed by atoms with Crippen molar-refractivity contribution in [3.63, 3.8) is 0 Å². The summed E-state index contributed by atoms with van der Waals surface area (Å²) in [7, 11) is 1.99. The van der Waals surface area contributed by atoms with Crippen molar-refractivity contribution in [3.8, 4) is 0 Å². The molecule has 2 aliphatic heterocycles. The molecule has 0 aromatic carbocycles. The number of halogens is 1. The molecule has 1 aromatic heterocycles. The van der Waals surface area contributed by atoms with E-state index in [1.807, 2.05) is 34.5 Å². The van der Waals surface area contributed by atoms with Crippen LogP contribution in [0.3, 0.4) is 0 Å². The van der Waals surface area contributed by atoms with Gasteiger partial charge in [-0.15, -0.1) is 24.2 Å². The SMILES string of the molecule is Cl.Cn1ccnc1C1CNCCN1C(=O)C1CCCS1. The van der Waals surface area contributed by atoms with E-state index >= 15 is 0 Å². The maximum Gasteiger partial charge on any atom is 0.236 e. The normalized spacial score (nSPS) is 26.4. The van der Waals surface area contributed by atoms with E-state index in [-0.39, 0.29) is 23.7 Å². The molecule has 5 nitrogen and oxygen atoms in total. The molecule has 7 heteroatoms. The Labute approximate surface area is 129 Å². The zero-order chi connectivity index (χ0) is 13.2. The largest absolute Gasteiger partial charge is 0.336 e. The lowest BCUT2D eigenvalue weighted by Crippen LogP contribution is -2.51. The summed E-state index contributed by atoms with van der Waals surface area (Å²) < 4.78 is 2.01. The first-order valence-electron chi connectivity index (χ1n) is 6.87. The third-order valence-corrected chi connectivity index (χ3v) is 5.25. The highest BCUT2D eigenvalue weighted by molar-refractivity contribution is 8.00. The van der Waals surface area contributed by atoms with Gasteiger partial charge in [-0.3, -0.25) is 4.79 Å². The summed E-state index contributed by atoms with van der Waals surface area (Å²) >= 11 is 1.81. The van der Waals surface area contributed by atoms with Crippen LogP contribution in [0.4, 0.5) is 0 Å². The third kappa shape index (κ3) is 2.97. The molecule has 1 amide bonds. The van der Waals surface area contributed by atoms with Crippen molar-refractivity contribution >= 4 is 30.1 Å². The molecule has 2 unspecified atom stereocenters. The first-order chi connectivity index (χ1) is 9.27. The van der Waals surface area contributed by atoms with Crippen molar-refractivity contribution in [1.29, 1.82) is 0 Å². The van der Waals surface area contributed by atoms with Crippen LogP contribution in [0.25, 0.3) is 0 Å². The van der Waals surface area contributed by atoms with Crippen molar-refractivity contribution in [2.75, 3.05) is 25.4 Å². The Kier molecular flexibility index (Phi) is 5.35. The third-order valence-electron chi connectivity index (χ3n) is 3.89. The van der Waals surface area contributed by atoms with Crippen molar-refractivity contribution in [1.82, 2.24) is 19.8 Å². The Bertz CT molecular complexity index is 461. The number of carbonyl (C=O) groups excluding carboxylic acids is 1. The van der Waals surface area contributed by atoms with Gasteiger partial charge >= 0.3 is 0 Å². The standard InChI is InChI=1S/C13H20N4OS.ClH/c1-16-6-5-15-12(16)10-9-14-4-7-17(10)13(18)11-3-2-8-19-11;/h5-6,10-11,14H,2-4,7-9H2,1H3;1H. The molecular weight excluding hydrogens is 296 g/mol. The Hall–Kier alpha value is -0.720. The molecule has 2 fully saturated rings. The number of amides is 1. The number of imidazole rings is 1. The summed E-state index contributed by atoms with van der Waals surface area (Å²) in [4.78, 5) is 19.1. The lowest BCUT2D eigenvalue weighted by atomic mass is 10.1. The second-order valence-electron chi connectivity index (χ2n) is 5.15. The molecule has 1 aromatic rings. The summed E-state index contributed by atoms with van der Waals surface area (Å²) in [5, 5.41) is 3.54. The van der Waals surface area contributed by atoms with Gasteiger partial charge in [0.25, 0.3) is 0 Å². The molecule has 0 spiro atoms. The van der Waals surface area contributed by atoms with Crippen molar-refractivity contribution in [2.24, 2.45) is 7.05 Å². The number of nitrogens with zero attached hydrogens (tertiary/aromatic N) is 3. The number of carbonyl (C=O) groups is 1. The predicted molar refractivity (Wildman–Crippen MR) is 83.3 cm³/mol. The number of hydrogen-bond donors (Lipinski definition) is 1. The van der Waals surface area contributed by atoms with E-state index < -0.39 is 0 Å². The zero-order valence-corrected chi connectivity index (χ0v) is 13.3. The molecule has 0 saturated carbocycles. The van der Waals surface area contributed by atoms with Crippen LogP contribution in [0, 0.1) is 0 Å². The number of aromatic nitrogens is 2. The van der Waals surface area contributed by atoms with Gasteiger partial charge in [-0.25, -0.2) is 4.98 Å². The van der Waals surface area contributed by atoms with E-state index in [1.165, 1.54) is 6.42 Å². The number of aryl methyl sites for hydroxylation is 1. The van der Waals surface area contributed by atoms with E-state index in [0.29, 0.717) is 5.91 Å². The summed E-state index contributed by atoms with van der Waals surface area (Å²) in [6.07, 6.45) is 5.94. The number of hydrogen-bond acceptors (Lipinski definition) is 4. The average molecular weight is 317 g/mol. The molecule has 0 bridgehead atoms. The summed E-state index contributed by atoms with van der Waals surface area (Å²) in [5.74, 6) is 2.40. The minimum absolute atomic E-state index is 0. The first-order valence-corrected chi connectivity index (χ1v) is 7.92. The predicted octanol–water partition coefficient (Wildman–Crippen LogP) is 1.21. The van der Waals surface area contributed by atoms with Gasteiger partial charge in [-0.1, -0.05) is 0 Å². The van der Waals surface area contributed by atoms with Crippen LogP contribution in [0.1, 0.15) is 24.7 Å². The molecule has 1 N–H and O–H groups in total. The minimum Gasteiger partial charge on any atom is -0.336 e. The highest BCUT2D eigenvalue weighted by Crippen LogP contribution is 2.31. The monoisotopic (exact) mass is 316 g/mol. The summed E-state index contributed by atoms with van der Waals surface area (Å²) in [6, 6.07) is 0.0717. The maximum atomic E-state index is 12.7. The van der Waals surface area contributed by atoms with Gasteiger partial charge in [0.2, 0.25) is 5.91 Å². The smallest absolute Gasteiger partial charge is 0.236 e. The molecule has 112 valence electrons. The Morgan fingerprint density at radius 3 is 3.05 bits per heavy atom. The molecule has 2 atom stereocenters.